The maximum atomic E-state index is 5.42. The topological polar surface area (TPSA) is 43.6 Å². The van der Waals surface area contributed by atoms with Gasteiger partial charge in [-0.3, -0.25) is 0 Å². The van der Waals surface area contributed by atoms with E-state index in [1.165, 1.54) is 43.1 Å². The lowest BCUT2D eigenvalue weighted by atomic mass is 9.92. The van der Waals surface area contributed by atoms with E-state index in [0.29, 0.717) is 17.5 Å². The molecule has 0 N–H and O–H groups in total. The molecule has 0 saturated carbocycles. The fraction of sp³-hybridized carbons (Fsp3) is 0. The molecular weight excluding hydrogens is 765 g/mol. The van der Waals surface area contributed by atoms with Crippen molar-refractivity contribution in [2.24, 2.45) is 0 Å². The van der Waals surface area contributed by atoms with Crippen molar-refractivity contribution in [3.63, 3.8) is 0 Å². The molecule has 0 atom stereocenters. The zero-order chi connectivity index (χ0) is 41.4. The lowest BCUT2D eigenvalue weighted by Crippen LogP contribution is -2.04. The molecule has 0 radical (unpaired) electrons. The summed E-state index contributed by atoms with van der Waals surface area (Å²) in [5, 5.41) is 14.1. The SMILES string of the molecule is c1ccc(-c2nc(-c3cccc4ccccc34)nc(-c3cc(-c4ccc5ccccc5c4)c(-n4c5cc6ccccc6cc5c5cc6ccccc6cc54)c4ccccc34)n2)cc1. The maximum Gasteiger partial charge on any atom is 0.164 e. The molecule has 4 heteroatoms. The minimum absolute atomic E-state index is 0.621. The van der Waals surface area contributed by atoms with E-state index < -0.39 is 0 Å². The molecule has 4 nitrogen and oxygen atoms in total. The molecule has 11 aromatic carbocycles. The summed E-state index contributed by atoms with van der Waals surface area (Å²) in [6.07, 6.45) is 0. The predicted octanol–water partition coefficient (Wildman–Crippen LogP) is 15.4. The normalized spacial score (nSPS) is 11.8. The first-order valence-corrected chi connectivity index (χ1v) is 21.4. The highest BCUT2D eigenvalue weighted by Crippen LogP contribution is 2.45. The van der Waals surface area contributed by atoms with E-state index in [9.17, 15) is 0 Å². The van der Waals surface area contributed by atoms with Gasteiger partial charge in [-0.2, -0.15) is 0 Å². The van der Waals surface area contributed by atoms with Crippen molar-refractivity contribution < 1.29 is 0 Å². The molecule has 0 fully saturated rings. The van der Waals surface area contributed by atoms with Crippen molar-refractivity contribution in [1.29, 1.82) is 0 Å². The second-order valence-electron chi connectivity index (χ2n) is 16.4. The van der Waals surface area contributed by atoms with Crippen LogP contribution in [0.5, 0.6) is 0 Å². The molecule has 292 valence electrons. The Bertz CT molecular complexity index is 3880. The molecule has 63 heavy (non-hydrogen) atoms. The van der Waals surface area contributed by atoms with Crippen LogP contribution >= 0.6 is 0 Å². The average molecular weight is 801 g/mol. The van der Waals surface area contributed by atoms with Crippen LogP contribution in [0, 0.1) is 0 Å². The van der Waals surface area contributed by atoms with Gasteiger partial charge < -0.3 is 4.57 Å². The van der Waals surface area contributed by atoms with Gasteiger partial charge in [0.25, 0.3) is 0 Å². The second-order valence-corrected chi connectivity index (χ2v) is 16.4. The first-order valence-electron chi connectivity index (χ1n) is 21.4. The molecule has 2 aromatic heterocycles. The van der Waals surface area contributed by atoms with Crippen molar-refractivity contribution in [2.75, 3.05) is 0 Å². The highest BCUT2D eigenvalue weighted by molar-refractivity contribution is 6.19. The lowest BCUT2D eigenvalue weighted by Gasteiger charge is -2.20. The third kappa shape index (κ3) is 5.73. The van der Waals surface area contributed by atoms with Gasteiger partial charge in [-0.25, -0.2) is 15.0 Å². The summed E-state index contributed by atoms with van der Waals surface area (Å²) in [5.41, 5.74) is 8.46. The number of fused-ring (bicyclic) bond motifs is 8. The Labute approximate surface area is 363 Å². The molecular formula is C59H36N4. The molecule has 0 bridgehead atoms. The van der Waals surface area contributed by atoms with Crippen molar-refractivity contribution >= 4 is 75.7 Å². The summed E-state index contributed by atoms with van der Waals surface area (Å²) < 4.78 is 2.52. The van der Waals surface area contributed by atoms with Crippen LogP contribution in [-0.2, 0) is 0 Å². The van der Waals surface area contributed by atoms with E-state index in [2.05, 4.69) is 205 Å². The van der Waals surface area contributed by atoms with E-state index in [1.807, 2.05) is 18.2 Å². The Morgan fingerprint density at radius 2 is 0.746 bits per heavy atom. The lowest BCUT2D eigenvalue weighted by molar-refractivity contribution is 1.08. The van der Waals surface area contributed by atoms with Gasteiger partial charge in [0.05, 0.1) is 16.7 Å². The molecule has 0 saturated heterocycles. The van der Waals surface area contributed by atoms with E-state index in [1.54, 1.807) is 0 Å². The van der Waals surface area contributed by atoms with Gasteiger partial charge in [0, 0.05) is 38.4 Å². The van der Waals surface area contributed by atoms with Gasteiger partial charge in [0.15, 0.2) is 17.5 Å². The van der Waals surface area contributed by atoms with Crippen LogP contribution in [-0.4, -0.2) is 19.5 Å². The van der Waals surface area contributed by atoms with Gasteiger partial charge in [0.1, 0.15) is 0 Å². The van der Waals surface area contributed by atoms with Crippen molar-refractivity contribution in [1.82, 2.24) is 19.5 Å². The second kappa shape index (κ2) is 14.1. The summed E-state index contributed by atoms with van der Waals surface area (Å²) in [4.78, 5) is 16.0. The summed E-state index contributed by atoms with van der Waals surface area (Å²) in [6, 6.07) is 78.5. The molecule has 0 unspecified atom stereocenters. The number of hydrogen-bond acceptors (Lipinski definition) is 3. The molecule has 0 aliphatic carbocycles. The quantitative estimate of drug-likeness (QED) is 0.174. The highest BCUT2D eigenvalue weighted by Gasteiger charge is 2.24. The summed E-state index contributed by atoms with van der Waals surface area (Å²) >= 11 is 0. The largest absolute Gasteiger partial charge is 0.308 e. The Morgan fingerprint density at radius 3 is 1.41 bits per heavy atom. The van der Waals surface area contributed by atoms with E-state index in [0.717, 1.165) is 66.1 Å². The first-order chi connectivity index (χ1) is 31.2. The molecule has 0 spiro atoms. The Hall–Kier alpha value is -8.47. The highest BCUT2D eigenvalue weighted by atomic mass is 15.0. The number of benzene rings is 11. The van der Waals surface area contributed by atoms with Crippen molar-refractivity contribution in [3.05, 3.63) is 218 Å². The van der Waals surface area contributed by atoms with Crippen LogP contribution in [0.25, 0.3) is 127 Å². The summed E-state index contributed by atoms with van der Waals surface area (Å²) in [7, 11) is 0. The Kier molecular flexibility index (Phi) is 7.87. The maximum absolute atomic E-state index is 5.42. The monoisotopic (exact) mass is 800 g/mol. The van der Waals surface area contributed by atoms with Crippen molar-refractivity contribution in [2.45, 2.75) is 0 Å². The molecule has 13 rings (SSSR count). The molecule has 0 aliphatic rings. The van der Waals surface area contributed by atoms with Crippen LogP contribution in [0.1, 0.15) is 0 Å². The van der Waals surface area contributed by atoms with Gasteiger partial charge in [-0.05, 0) is 90.4 Å². The zero-order valence-electron chi connectivity index (χ0n) is 34.1. The first kappa shape index (κ1) is 35.3. The Morgan fingerprint density at radius 1 is 0.254 bits per heavy atom. The van der Waals surface area contributed by atoms with Crippen LogP contribution in [0.3, 0.4) is 0 Å². The standard InChI is InChI=1S/C59H36N4/c1-2-17-39(18-3-1)57-60-58(49-28-14-24-38-16-10-11-25-46(38)49)62-59(61-57)53-36-50(45-30-29-37-15-4-5-19-40(37)31-45)56(48-27-13-12-26-47(48)53)63-54-34-43-22-8-6-20-41(43)32-51(54)52-33-42-21-7-9-23-44(42)35-55(52)63/h1-36H. The number of hydrogen-bond donors (Lipinski definition) is 0. The third-order valence-electron chi connectivity index (χ3n) is 12.7. The average Bonchev–Trinajstić information content (AvgIpc) is 3.65. The molecule has 2 heterocycles. The fourth-order valence-electron chi connectivity index (χ4n) is 9.75. The van der Waals surface area contributed by atoms with E-state index in [4.69, 9.17) is 15.0 Å². The van der Waals surface area contributed by atoms with Gasteiger partial charge in [-0.1, -0.05) is 182 Å². The molecule has 13 aromatic rings. The van der Waals surface area contributed by atoms with E-state index in [-0.39, 0.29) is 0 Å². The third-order valence-corrected chi connectivity index (χ3v) is 12.7. The van der Waals surface area contributed by atoms with Crippen molar-refractivity contribution in [3.8, 4) is 51.0 Å². The number of nitrogens with zero attached hydrogens (tertiary/aromatic N) is 4. The van der Waals surface area contributed by atoms with Gasteiger partial charge in [0.2, 0.25) is 0 Å². The predicted molar refractivity (Wildman–Crippen MR) is 263 cm³/mol. The van der Waals surface area contributed by atoms with E-state index >= 15 is 0 Å². The minimum atomic E-state index is 0.621. The summed E-state index contributed by atoms with van der Waals surface area (Å²) in [6.45, 7) is 0. The van der Waals surface area contributed by atoms with Gasteiger partial charge >= 0.3 is 0 Å². The van der Waals surface area contributed by atoms with Crippen LogP contribution in [0.2, 0.25) is 0 Å². The Balaban J connectivity index is 1.18. The fourth-order valence-corrected chi connectivity index (χ4v) is 9.75. The number of aromatic nitrogens is 4. The van der Waals surface area contributed by atoms with Gasteiger partial charge in [-0.15, -0.1) is 0 Å². The molecule has 0 aliphatic heterocycles. The van der Waals surface area contributed by atoms with Crippen LogP contribution in [0.4, 0.5) is 0 Å². The molecule has 0 amide bonds. The zero-order valence-corrected chi connectivity index (χ0v) is 34.1. The summed E-state index contributed by atoms with van der Waals surface area (Å²) in [5.74, 6) is 1.89. The smallest absolute Gasteiger partial charge is 0.164 e. The van der Waals surface area contributed by atoms with Crippen LogP contribution in [0.15, 0.2) is 218 Å². The minimum Gasteiger partial charge on any atom is -0.308 e. The number of rotatable bonds is 5. The van der Waals surface area contributed by atoms with Crippen LogP contribution < -0.4 is 0 Å².